The Kier molecular flexibility index (Phi) is 9.81. The first kappa shape index (κ1) is 29.6. The molecule has 0 saturated carbocycles. The van der Waals surface area contributed by atoms with E-state index in [0.717, 1.165) is 25.9 Å². The van der Waals surface area contributed by atoms with Gasteiger partial charge in [-0.3, -0.25) is 24.2 Å². The largest absolute Gasteiger partial charge is 0.497 e. The molecule has 0 radical (unpaired) electrons. The van der Waals surface area contributed by atoms with Crippen LogP contribution in [-0.2, 0) is 14.3 Å². The predicted octanol–water partition coefficient (Wildman–Crippen LogP) is 3.20. The van der Waals surface area contributed by atoms with Crippen molar-refractivity contribution in [3.05, 3.63) is 60.2 Å². The van der Waals surface area contributed by atoms with E-state index in [1.54, 1.807) is 36.3 Å². The second-order valence-corrected chi connectivity index (χ2v) is 11.4. The zero-order valence-electron chi connectivity index (χ0n) is 24.1. The van der Waals surface area contributed by atoms with Gasteiger partial charge in [0.1, 0.15) is 23.9 Å². The summed E-state index contributed by atoms with van der Waals surface area (Å²) >= 11 is 0. The number of amides is 2. The molecule has 2 aromatic carbocycles. The molecule has 216 valence electrons. The van der Waals surface area contributed by atoms with Crippen molar-refractivity contribution >= 4 is 23.5 Å². The molecule has 1 N–H and O–H groups in total. The lowest BCUT2D eigenvalue weighted by Gasteiger charge is -2.43. The van der Waals surface area contributed by atoms with Crippen LogP contribution in [0, 0.1) is 5.92 Å². The average molecular weight is 551 g/mol. The molecule has 1 atom stereocenters. The third kappa shape index (κ3) is 7.61. The number of nitrogens with zero attached hydrogens (tertiary/aromatic N) is 3. The van der Waals surface area contributed by atoms with Gasteiger partial charge in [-0.2, -0.15) is 0 Å². The summed E-state index contributed by atoms with van der Waals surface area (Å²) in [6.07, 6.45) is 1.84. The summed E-state index contributed by atoms with van der Waals surface area (Å²) in [4.78, 5) is 45.8. The van der Waals surface area contributed by atoms with Crippen molar-refractivity contribution in [3.63, 3.8) is 0 Å². The lowest BCUT2D eigenvalue weighted by molar-refractivity contribution is -0.165. The highest BCUT2D eigenvalue weighted by Gasteiger charge is 2.39. The van der Waals surface area contributed by atoms with Crippen LogP contribution in [0.25, 0.3) is 0 Å². The molecular formula is C31H42N4O5. The lowest BCUT2D eigenvalue weighted by atomic mass is 9.88. The molecular weight excluding hydrogens is 508 g/mol. The van der Waals surface area contributed by atoms with E-state index in [1.165, 1.54) is 4.90 Å². The molecule has 0 spiro atoms. The number of para-hydroxylation sites is 1. The minimum absolute atomic E-state index is 0.0708. The fourth-order valence-corrected chi connectivity index (χ4v) is 5.42. The number of benzene rings is 2. The van der Waals surface area contributed by atoms with E-state index in [1.807, 2.05) is 51.1 Å². The van der Waals surface area contributed by atoms with Crippen LogP contribution < -0.4 is 15.0 Å². The van der Waals surface area contributed by atoms with E-state index in [0.29, 0.717) is 43.2 Å². The average Bonchev–Trinajstić information content (AvgIpc) is 2.96. The van der Waals surface area contributed by atoms with Gasteiger partial charge >= 0.3 is 5.97 Å². The number of hydrogen-bond acceptors (Lipinski definition) is 7. The van der Waals surface area contributed by atoms with Crippen LogP contribution in [0.2, 0.25) is 0 Å². The number of hydrogen-bond donors (Lipinski definition) is 1. The Morgan fingerprint density at radius 2 is 1.57 bits per heavy atom. The van der Waals surface area contributed by atoms with Gasteiger partial charge in [0, 0.05) is 37.4 Å². The van der Waals surface area contributed by atoms with Crippen molar-refractivity contribution in [1.29, 1.82) is 0 Å². The molecule has 0 bridgehead atoms. The van der Waals surface area contributed by atoms with E-state index in [9.17, 15) is 14.4 Å². The van der Waals surface area contributed by atoms with Crippen LogP contribution in [-0.4, -0.2) is 92.1 Å². The van der Waals surface area contributed by atoms with Crippen molar-refractivity contribution < 1.29 is 23.9 Å². The van der Waals surface area contributed by atoms with Crippen LogP contribution in [0.1, 0.15) is 44.0 Å². The SMILES string of the molecule is COc1ccc(C(=O)N(CC(=O)N2CCN(C(C(=O)OC(C)(C)C)C3CCNCC3)CC2)c2ccccc2)cc1. The molecule has 0 aromatic heterocycles. The van der Waals surface area contributed by atoms with E-state index in [2.05, 4.69) is 10.2 Å². The Labute approximate surface area is 237 Å². The molecule has 40 heavy (non-hydrogen) atoms. The Bertz CT molecular complexity index is 1130. The van der Waals surface area contributed by atoms with Crippen molar-refractivity contribution in [2.45, 2.75) is 45.3 Å². The molecule has 9 heteroatoms. The summed E-state index contributed by atoms with van der Waals surface area (Å²) in [5.74, 6) is 0.317. The Balaban J connectivity index is 1.44. The lowest BCUT2D eigenvalue weighted by Crippen LogP contribution is -2.58. The molecule has 2 fully saturated rings. The molecule has 4 rings (SSSR count). The normalized spacial score (nSPS) is 17.6. The number of carbonyl (C=O) groups is 3. The zero-order chi connectivity index (χ0) is 28.7. The molecule has 0 aliphatic carbocycles. The van der Waals surface area contributed by atoms with Crippen LogP contribution in [0.15, 0.2) is 54.6 Å². The second kappa shape index (κ2) is 13.3. The molecule has 2 aromatic rings. The van der Waals surface area contributed by atoms with Crippen molar-refractivity contribution in [2.75, 3.05) is 57.8 Å². The Morgan fingerprint density at radius 1 is 0.950 bits per heavy atom. The first-order valence-corrected chi connectivity index (χ1v) is 14.1. The van der Waals surface area contributed by atoms with Gasteiger partial charge in [-0.1, -0.05) is 18.2 Å². The highest BCUT2D eigenvalue weighted by Crippen LogP contribution is 2.26. The van der Waals surface area contributed by atoms with Crippen molar-refractivity contribution in [3.8, 4) is 5.75 Å². The highest BCUT2D eigenvalue weighted by molar-refractivity contribution is 6.08. The van der Waals surface area contributed by atoms with Crippen LogP contribution in [0.4, 0.5) is 5.69 Å². The number of ether oxygens (including phenoxy) is 2. The van der Waals surface area contributed by atoms with Gasteiger partial charge in [0.15, 0.2) is 0 Å². The molecule has 2 aliphatic heterocycles. The predicted molar refractivity (Wildman–Crippen MR) is 154 cm³/mol. The summed E-state index contributed by atoms with van der Waals surface area (Å²) in [5, 5.41) is 3.38. The van der Waals surface area contributed by atoms with Gasteiger partial charge in [-0.25, -0.2) is 0 Å². The smallest absolute Gasteiger partial charge is 0.324 e. The summed E-state index contributed by atoms with van der Waals surface area (Å²) < 4.78 is 11.1. The zero-order valence-corrected chi connectivity index (χ0v) is 24.1. The minimum Gasteiger partial charge on any atom is -0.497 e. The molecule has 1 unspecified atom stereocenters. The van der Waals surface area contributed by atoms with E-state index >= 15 is 0 Å². The molecule has 2 amide bonds. The molecule has 2 aliphatic rings. The maximum absolute atomic E-state index is 13.5. The van der Waals surface area contributed by atoms with Gasteiger partial charge in [-0.05, 0) is 89.0 Å². The fourth-order valence-electron chi connectivity index (χ4n) is 5.42. The summed E-state index contributed by atoms with van der Waals surface area (Å²) in [6.45, 7) is 9.53. The number of nitrogens with one attached hydrogen (secondary N) is 1. The Hall–Kier alpha value is -3.43. The topological polar surface area (TPSA) is 91.4 Å². The monoisotopic (exact) mass is 550 g/mol. The van der Waals surface area contributed by atoms with Crippen LogP contribution in [0.5, 0.6) is 5.75 Å². The van der Waals surface area contributed by atoms with Crippen molar-refractivity contribution in [1.82, 2.24) is 15.1 Å². The van der Waals surface area contributed by atoms with E-state index in [-0.39, 0.29) is 36.3 Å². The number of carbonyl (C=O) groups excluding carboxylic acids is 3. The molecule has 9 nitrogen and oxygen atoms in total. The van der Waals surface area contributed by atoms with Gasteiger partial charge < -0.3 is 19.7 Å². The number of rotatable bonds is 8. The van der Waals surface area contributed by atoms with Gasteiger partial charge in [-0.15, -0.1) is 0 Å². The number of methoxy groups -OCH3 is 1. The molecule has 2 saturated heterocycles. The Morgan fingerprint density at radius 3 is 2.15 bits per heavy atom. The van der Waals surface area contributed by atoms with Gasteiger partial charge in [0.25, 0.3) is 5.91 Å². The maximum atomic E-state index is 13.5. The summed E-state index contributed by atoms with van der Waals surface area (Å²) in [7, 11) is 1.58. The van der Waals surface area contributed by atoms with E-state index < -0.39 is 5.60 Å². The molecule has 2 heterocycles. The van der Waals surface area contributed by atoms with E-state index in [4.69, 9.17) is 9.47 Å². The number of esters is 1. The quantitative estimate of drug-likeness (QED) is 0.505. The highest BCUT2D eigenvalue weighted by atomic mass is 16.6. The van der Waals surface area contributed by atoms with Crippen molar-refractivity contribution in [2.24, 2.45) is 5.92 Å². The number of piperidine rings is 1. The fraction of sp³-hybridized carbons (Fsp3) is 0.516. The number of piperazine rings is 1. The third-order valence-electron chi connectivity index (χ3n) is 7.48. The first-order chi connectivity index (χ1) is 19.2. The third-order valence-corrected chi connectivity index (χ3v) is 7.48. The minimum atomic E-state index is -0.558. The summed E-state index contributed by atoms with van der Waals surface area (Å²) in [6, 6.07) is 15.8. The van der Waals surface area contributed by atoms with Gasteiger partial charge in [0.2, 0.25) is 5.91 Å². The van der Waals surface area contributed by atoms with Gasteiger partial charge in [0.05, 0.1) is 7.11 Å². The standard InChI is InChI=1S/C31H42N4O5/c1-31(2,3)40-30(38)28(23-14-16-32-17-15-23)34-20-18-33(19-21-34)27(36)22-35(25-8-6-5-7-9-25)29(37)24-10-12-26(39-4)13-11-24/h5-13,23,28,32H,14-22H2,1-4H3. The van der Waals surface area contributed by atoms with Crippen LogP contribution >= 0.6 is 0 Å². The summed E-state index contributed by atoms with van der Waals surface area (Å²) in [5.41, 5.74) is 0.577. The first-order valence-electron chi connectivity index (χ1n) is 14.1. The second-order valence-electron chi connectivity index (χ2n) is 11.4. The maximum Gasteiger partial charge on any atom is 0.324 e. The number of anilines is 1. The van der Waals surface area contributed by atoms with Crippen LogP contribution in [0.3, 0.4) is 0 Å².